The molecule has 0 spiro atoms. The lowest BCUT2D eigenvalue weighted by molar-refractivity contribution is -0.129. The van der Waals surface area contributed by atoms with Crippen LogP contribution in [0.2, 0.25) is 0 Å². The zero-order chi connectivity index (χ0) is 12.8. The molecule has 1 atom stereocenters. The summed E-state index contributed by atoms with van der Waals surface area (Å²) in [6.07, 6.45) is 9.27. The third-order valence-electron chi connectivity index (χ3n) is 6.20. The number of rotatable bonds is 2. The molecule has 106 valence electrons. The Kier molecular flexibility index (Phi) is 3.06. The van der Waals surface area contributed by atoms with Crippen LogP contribution in [-0.2, 0) is 4.79 Å². The zero-order valence-electron chi connectivity index (χ0n) is 11.7. The fourth-order valence-electron chi connectivity index (χ4n) is 5.52. The maximum absolute atomic E-state index is 12.4. The van der Waals surface area contributed by atoms with Gasteiger partial charge in [0.15, 0.2) is 0 Å². The molecule has 2 N–H and O–H groups in total. The van der Waals surface area contributed by atoms with Gasteiger partial charge in [0.25, 0.3) is 0 Å². The van der Waals surface area contributed by atoms with Crippen LogP contribution >= 0.6 is 0 Å². The lowest BCUT2D eigenvalue weighted by Crippen LogP contribution is -2.57. The van der Waals surface area contributed by atoms with E-state index in [1.165, 1.54) is 32.1 Å². The molecule has 5 rings (SSSR count). The summed E-state index contributed by atoms with van der Waals surface area (Å²) in [6, 6.07) is 0.516. The number of nitrogens with one attached hydrogen (secondary N) is 2. The van der Waals surface area contributed by atoms with Crippen LogP contribution in [0.3, 0.4) is 0 Å². The van der Waals surface area contributed by atoms with Crippen LogP contribution in [0.5, 0.6) is 0 Å². The summed E-state index contributed by atoms with van der Waals surface area (Å²) in [4.78, 5) is 12.4. The molecule has 0 aromatic carbocycles. The summed E-state index contributed by atoms with van der Waals surface area (Å²) < 4.78 is 0. The van der Waals surface area contributed by atoms with Gasteiger partial charge in [-0.3, -0.25) is 4.79 Å². The Balaban J connectivity index is 1.41. The van der Waals surface area contributed by atoms with Gasteiger partial charge in [-0.05, 0) is 75.2 Å². The number of hydrogen-bond acceptors (Lipinski definition) is 2. The number of amides is 1. The van der Waals surface area contributed by atoms with E-state index in [9.17, 15) is 4.79 Å². The first-order chi connectivity index (χ1) is 9.29. The van der Waals surface area contributed by atoms with Gasteiger partial charge in [-0.1, -0.05) is 0 Å². The van der Waals surface area contributed by atoms with Crippen LogP contribution in [0.25, 0.3) is 0 Å². The highest BCUT2D eigenvalue weighted by Gasteiger charge is 2.48. The molecule has 3 heteroatoms. The van der Waals surface area contributed by atoms with Crippen molar-refractivity contribution in [2.45, 2.75) is 51.0 Å². The van der Waals surface area contributed by atoms with Crippen molar-refractivity contribution in [3.63, 3.8) is 0 Å². The average Bonchev–Trinajstić information content (AvgIpc) is 2.43. The lowest BCUT2D eigenvalue weighted by Gasteiger charge is -2.54. The van der Waals surface area contributed by atoms with E-state index in [2.05, 4.69) is 10.6 Å². The number of carbonyl (C=O) groups is 1. The van der Waals surface area contributed by atoms with Gasteiger partial charge in [0, 0.05) is 12.6 Å². The first-order valence-electron chi connectivity index (χ1n) is 8.30. The molecule has 0 radical (unpaired) electrons. The maximum atomic E-state index is 12.4. The van der Waals surface area contributed by atoms with Crippen molar-refractivity contribution >= 4 is 5.91 Å². The Labute approximate surface area is 115 Å². The van der Waals surface area contributed by atoms with Gasteiger partial charge in [-0.25, -0.2) is 0 Å². The Hall–Kier alpha value is -0.570. The maximum Gasteiger partial charge on any atom is 0.224 e. The third-order valence-corrected chi connectivity index (χ3v) is 6.20. The van der Waals surface area contributed by atoms with Crippen molar-refractivity contribution in [3.8, 4) is 0 Å². The zero-order valence-corrected chi connectivity index (χ0v) is 11.7. The summed E-state index contributed by atoms with van der Waals surface area (Å²) in [5, 5.41) is 6.81. The molecule has 5 fully saturated rings. The molecule has 0 aromatic heterocycles. The normalized spacial score (nSPS) is 48.2. The van der Waals surface area contributed by atoms with Crippen LogP contribution in [0, 0.1) is 29.6 Å². The van der Waals surface area contributed by atoms with Crippen molar-refractivity contribution in [2.24, 2.45) is 29.6 Å². The molecular weight excluding hydrogens is 236 g/mol. The topological polar surface area (TPSA) is 41.1 Å². The molecule has 4 bridgehead atoms. The first kappa shape index (κ1) is 12.2. The highest BCUT2D eigenvalue weighted by molar-refractivity contribution is 5.79. The van der Waals surface area contributed by atoms with E-state index in [4.69, 9.17) is 0 Å². The molecular formula is C16H26N2O. The smallest absolute Gasteiger partial charge is 0.224 e. The standard InChI is InChI=1S/C16H26N2O/c19-16(12-2-1-3-17-9-12)18-15-13-5-10-4-11(7-13)8-14(15)6-10/h10-15,17H,1-9H2,(H,18,19)/t10?,11?,12-,13?,14?,15?/m0/s1. The fourth-order valence-corrected chi connectivity index (χ4v) is 5.52. The molecule has 1 saturated heterocycles. The van der Waals surface area contributed by atoms with Gasteiger partial charge in [-0.2, -0.15) is 0 Å². The number of hydrogen-bond donors (Lipinski definition) is 2. The van der Waals surface area contributed by atoms with Gasteiger partial charge < -0.3 is 10.6 Å². The van der Waals surface area contributed by atoms with Crippen molar-refractivity contribution in [1.82, 2.24) is 10.6 Å². The van der Waals surface area contributed by atoms with E-state index in [0.29, 0.717) is 11.9 Å². The van der Waals surface area contributed by atoms with Gasteiger partial charge in [0.1, 0.15) is 0 Å². The monoisotopic (exact) mass is 262 g/mol. The Bertz CT molecular complexity index is 334. The molecule has 19 heavy (non-hydrogen) atoms. The molecule has 4 saturated carbocycles. The molecule has 5 aliphatic rings. The van der Waals surface area contributed by atoms with Crippen LogP contribution < -0.4 is 10.6 Å². The third kappa shape index (κ3) is 2.20. The minimum Gasteiger partial charge on any atom is -0.353 e. The molecule has 0 unspecified atom stereocenters. The molecule has 1 amide bonds. The SMILES string of the molecule is O=C(NC1C2CC3CC(C2)CC1C3)[C@H]1CCCNC1. The molecule has 0 aromatic rings. The van der Waals surface area contributed by atoms with Gasteiger partial charge >= 0.3 is 0 Å². The Morgan fingerprint density at radius 1 is 1.00 bits per heavy atom. The van der Waals surface area contributed by atoms with E-state index in [1.54, 1.807) is 0 Å². The van der Waals surface area contributed by atoms with E-state index in [1.807, 2.05) is 0 Å². The Morgan fingerprint density at radius 2 is 1.68 bits per heavy atom. The van der Waals surface area contributed by atoms with Gasteiger partial charge in [-0.15, -0.1) is 0 Å². The second-order valence-corrected chi connectivity index (χ2v) is 7.51. The second kappa shape index (κ2) is 4.76. The first-order valence-corrected chi connectivity index (χ1v) is 8.30. The molecule has 3 nitrogen and oxygen atoms in total. The predicted molar refractivity (Wildman–Crippen MR) is 74.6 cm³/mol. The summed E-state index contributed by atoms with van der Waals surface area (Å²) in [7, 11) is 0. The number of piperidine rings is 1. The highest BCUT2D eigenvalue weighted by Crippen LogP contribution is 2.53. The summed E-state index contributed by atoms with van der Waals surface area (Å²) in [5.74, 6) is 4.16. The fraction of sp³-hybridized carbons (Fsp3) is 0.938. The van der Waals surface area contributed by atoms with E-state index >= 15 is 0 Å². The van der Waals surface area contributed by atoms with Crippen LogP contribution in [0.15, 0.2) is 0 Å². The lowest BCUT2D eigenvalue weighted by atomic mass is 9.54. The van der Waals surface area contributed by atoms with Gasteiger partial charge in [0.05, 0.1) is 5.92 Å². The summed E-state index contributed by atoms with van der Waals surface area (Å²) >= 11 is 0. The average molecular weight is 262 g/mol. The largest absolute Gasteiger partial charge is 0.353 e. The van der Waals surface area contributed by atoms with Gasteiger partial charge in [0.2, 0.25) is 5.91 Å². The minimum absolute atomic E-state index is 0.228. The molecule has 1 aliphatic heterocycles. The van der Waals surface area contributed by atoms with Crippen molar-refractivity contribution in [3.05, 3.63) is 0 Å². The predicted octanol–water partition coefficient (Wildman–Crippen LogP) is 1.93. The molecule has 4 aliphatic carbocycles. The summed E-state index contributed by atoms with van der Waals surface area (Å²) in [5.41, 5.74) is 0. The van der Waals surface area contributed by atoms with Crippen LogP contribution in [-0.4, -0.2) is 25.0 Å². The second-order valence-electron chi connectivity index (χ2n) is 7.51. The van der Waals surface area contributed by atoms with Crippen molar-refractivity contribution in [1.29, 1.82) is 0 Å². The van der Waals surface area contributed by atoms with E-state index in [0.717, 1.165) is 49.6 Å². The van der Waals surface area contributed by atoms with E-state index in [-0.39, 0.29) is 5.92 Å². The van der Waals surface area contributed by atoms with Crippen molar-refractivity contribution < 1.29 is 4.79 Å². The number of carbonyl (C=O) groups excluding carboxylic acids is 1. The van der Waals surface area contributed by atoms with Crippen LogP contribution in [0.1, 0.15) is 44.9 Å². The van der Waals surface area contributed by atoms with Crippen LogP contribution in [0.4, 0.5) is 0 Å². The molecule has 1 heterocycles. The quantitative estimate of drug-likeness (QED) is 0.798. The summed E-state index contributed by atoms with van der Waals surface area (Å²) in [6.45, 7) is 1.97. The minimum atomic E-state index is 0.228. The highest BCUT2D eigenvalue weighted by atomic mass is 16.2. The van der Waals surface area contributed by atoms with E-state index < -0.39 is 0 Å². The van der Waals surface area contributed by atoms with Crippen molar-refractivity contribution in [2.75, 3.05) is 13.1 Å². The Morgan fingerprint density at radius 3 is 2.26 bits per heavy atom.